The van der Waals surface area contributed by atoms with E-state index in [4.69, 9.17) is 14.3 Å². The van der Waals surface area contributed by atoms with Crippen LogP contribution >= 0.6 is 12.4 Å². The SMILES string of the molecule is CCO[Si](C)(N)OCC.Cl. The van der Waals surface area contributed by atoms with Crippen LogP contribution in [0.3, 0.4) is 0 Å². The van der Waals surface area contributed by atoms with Crippen molar-refractivity contribution in [2.75, 3.05) is 13.2 Å². The molecule has 0 amide bonds. The van der Waals surface area contributed by atoms with Crippen molar-refractivity contribution in [3.63, 3.8) is 0 Å². The summed E-state index contributed by atoms with van der Waals surface area (Å²) in [5.41, 5.74) is 0. The second-order valence-corrected chi connectivity index (χ2v) is 4.49. The first kappa shape index (κ1) is 13.0. The first-order valence-electron chi connectivity index (χ1n) is 3.19. The average molecular weight is 186 g/mol. The lowest BCUT2D eigenvalue weighted by Gasteiger charge is -2.19. The van der Waals surface area contributed by atoms with Crippen molar-refractivity contribution in [2.45, 2.75) is 20.4 Å². The summed E-state index contributed by atoms with van der Waals surface area (Å²) in [6.07, 6.45) is 0. The Kier molecular flexibility index (Phi) is 7.96. The van der Waals surface area contributed by atoms with Crippen molar-refractivity contribution in [1.29, 1.82) is 0 Å². The van der Waals surface area contributed by atoms with Crippen LogP contribution in [0.15, 0.2) is 0 Å². The molecule has 0 fully saturated rings. The normalized spacial score (nSPS) is 10.8. The highest BCUT2D eigenvalue weighted by atomic mass is 35.5. The quantitative estimate of drug-likeness (QED) is 0.665. The van der Waals surface area contributed by atoms with Crippen LogP contribution in [0.2, 0.25) is 6.55 Å². The number of nitrogens with two attached hydrogens (primary N) is 1. The third kappa shape index (κ3) is 6.51. The van der Waals surface area contributed by atoms with E-state index < -0.39 is 8.72 Å². The van der Waals surface area contributed by atoms with E-state index in [2.05, 4.69) is 0 Å². The van der Waals surface area contributed by atoms with Crippen LogP contribution in [0.4, 0.5) is 0 Å². The summed E-state index contributed by atoms with van der Waals surface area (Å²) in [5.74, 6) is 0. The van der Waals surface area contributed by atoms with Crippen molar-refractivity contribution in [2.24, 2.45) is 5.40 Å². The summed E-state index contributed by atoms with van der Waals surface area (Å²) in [5, 5.41) is 5.63. The van der Waals surface area contributed by atoms with Gasteiger partial charge in [0.25, 0.3) is 0 Å². The maximum Gasteiger partial charge on any atom is 0.419 e. The van der Waals surface area contributed by atoms with E-state index in [-0.39, 0.29) is 12.4 Å². The summed E-state index contributed by atoms with van der Waals surface area (Å²) >= 11 is 0. The fourth-order valence-corrected chi connectivity index (χ4v) is 1.84. The first-order valence-corrected chi connectivity index (χ1v) is 5.58. The van der Waals surface area contributed by atoms with Crippen LogP contribution in [0.5, 0.6) is 0 Å². The Hall–Kier alpha value is 0.387. The maximum absolute atomic E-state index is 5.63. The first-order chi connectivity index (χ1) is 4.12. The van der Waals surface area contributed by atoms with Crippen LogP contribution in [-0.2, 0) is 8.85 Å². The Labute approximate surface area is 69.6 Å². The molecular weight excluding hydrogens is 170 g/mol. The van der Waals surface area contributed by atoms with Gasteiger partial charge in [0.2, 0.25) is 0 Å². The van der Waals surface area contributed by atoms with E-state index in [9.17, 15) is 0 Å². The predicted octanol–water partition coefficient (Wildman–Crippen LogP) is 1.01. The minimum absolute atomic E-state index is 0. The van der Waals surface area contributed by atoms with Crippen LogP contribution in [-0.4, -0.2) is 21.9 Å². The third-order valence-electron chi connectivity index (χ3n) is 0.862. The van der Waals surface area contributed by atoms with E-state index in [0.717, 1.165) is 0 Å². The second kappa shape index (κ2) is 6.12. The Morgan fingerprint density at radius 1 is 1.20 bits per heavy atom. The maximum atomic E-state index is 5.63. The van der Waals surface area contributed by atoms with Gasteiger partial charge in [-0.3, -0.25) is 0 Å². The van der Waals surface area contributed by atoms with Gasteiger partial charge >= 0.3 is 8.72 Å². The molecule has 5 heteroatoms. The Morgan fingerprint density at radius 3 is 1.70 bits per heavy atom. The van der Waals surface area contributed by atoms with E-state index in [1.807, 2.05) is 20.4 Å². The highest BCUT2D eigenvalue weighted by Gasteiger charge is 2.24. The van der Waals surface area contributed by atoms with Gasteiger partial charge in [0.15, 0.2) is 0 Å². The van der Waals surface area contributed by atoms with Gasteiger partial charge < -0.3 is 14.3 Å². The van der Waals surface area contributed by atoms with Gasteiger partial charge in [0.05, 0.1) is 0 Å². The molecule has 0 saturated heterocycles. The van der Waals surface area contributed by atoms with Gasteiger partial charge in [-0.2, -0.15) is 0 Å². The number of rotatable bonds is 4. The smallest absolute Gasteiger partial charge is 0.383 e. The molecule has 0 aliphatic rings. The summed E-state index contributed by atoms with van der Waals surface area (Å²) in [4.78, 5) is 0. The molecule has 0 saturated carbocycles. The van der Waals surface area contributed by atoms with E-state index in [0.29, 0.717) is 13.2 Å². The van der Waals surface area contributed by atoms with Crippen molar-refractivity contribution in [1.82, 2.24) is 0 Å². The Bertz CT molecular complexity index is 74.0. The van der Waals surface area contributed by atoms with Crippen LogP contribution in [0.25, 0.3) is 0 Å². The topological polar surface area (TPSA) is 44.5 Å². The highest BCUT2D eigenvalue weighted by Crippen LogP contribution is 1.96. The summed E-state index contributed by atoms with van der Waals surface area (Å²) in [6.45, 7) is 6.94. The lowest BCUT2D eigenvalue weighted by Crippen LogP contribution is -2.49. The molecule has 0 radical (unpaired) electrons. The van der Waals surface area contributed by atoms with E-state index in [1.165, 1.54) is 0 Å². The molecule has 2 N–H and O–H groups in total. The molecule has 0 aliphatic heterocycles. The average Bonchev–Trinajstić information content (AvgIpc) is 1.64. The monoisotopic (exact) mass is 185 g/mol. The standard InChI is InChI=1S/C5H15NO2Si.ClH/c1-4-7-9(3,6)8-5-2;/h4-6H2,1-3H3;1H. The number of hydrogen-bond donors (Lipinski definition) is 1. The fraction of sp³-hybridized carbons (Fsp3) is 1.00. The largest absolute Gasteiger partial charge is 0.419 e. The zero-order valence-electron chi connectivity index (χ0n) is 6.72. The zero-order valence-corrected chi connectivity index (χ0v) is 8.53. The Balaban J connectivity index is 0. The summed E-state index contributed by atoms with van der Waals surface area (Å²) in [7, 11) is -2.20. The minimum atomic E-state index is -2.20. The molecule has 0 aromatic rings. The highest BCUT2D eigenvalue weighted by molar-refractivity contribution is 6.62. The Morgan fingerprint density at radius 2 is 1.50 bits per heavy atom. The van der Waals surface area contributed by atoms with E-state index >= 15 is 0 Å². The van der Waals surface area contributed by atoms with Gasteiger partial charge in [-0.1, -0.05) is 0 Å². The van der Waals surface area contributed by atoms with Crippen molar-refractivity contribution in [3.8, 4) is 0 Å². The van der Waals surface area contributed by atoms with Crippen LogP contribution in [0, 0.1) is 0 Å². The molecule has 0 aliphatic carbocycles. The summed E-state index contributed by atoms with van der Waals surface area (Å²) < 4.78 is 10.3. The molecule has 3 nitrogen and oxygen atoms in total. The zero-order chi connectivity index (χ0) is 7.33. The third-order valence-corrected chi connectivity index (χ3v) is 2.59. The molecule has 0 heterocycles. The van der Waals surface area contributed by atoms with Gasteiger partial charge in [0.1, 0.15) is 0 Å². The van der Waals surface area contributed by atoms with Gasteiger partial charge in [-0.15, -0.1) is 12.4 Å². The van der Waals surface area contributed by atoms with Crippen LogP contribution < -0.4 is 5.40 Å². The lowest BCUT2D eigenvalue weighted by atomic mass is 10.9. The number of hydrogen-bond acceptors (Lipinski definition) is 3. The molecule has 0 spiro atoms. The molecule has 0 aromatic heterocycles. The molecule has 0 atom stereocenters. The lowest BCUT2D eigenvalue weighted by molar-refractivity contribution is 0.190. The molecular formula is C5H16ClNO2Si. The molecule has 0 bridgehead atoms. The molecule has 0 rings (SSSR count). The van der Waals surface area contributed by atoms with Gasteiger partial charge in [-0.25, -0.2) is 0 Å². The van der Waals surface area contributed by atoms with Crippen molar-refractivity contribution >= 4 is 21.1 Å². The fourth-order valence-electron chi connectivity index (χ4n) is 0.615. The van der Waals surface area contributed by atoms with E-state index in [1.54, 1.807) is 0 Å². The van der Waals surface area contributed by atoms with Gasteiger partial charge in [0, 0.05) is 13.2 Å². The number of halogens is 1. The second-order valence-electron chi connectivity index (χ2n) is 1.88. The minimum Gasteiger partial charge on any atom is -0.383 e. The predicted molar refractivity (Wildman–Crippen MR) is 46.3 cm³/mol. The van der Waals surface area contributed by atoms with Crippen molar-refractivity contribution < 1.29 is 8.85 Å². The molecule has 0 aromatic carbocycles. The molecule has 64 valence electrons. The summed E-state index contributed by atoms with van der Waals surface area (Å²) in [6, 6.07) is 0. The molecule has 10 heavy (non-hydrogen) atoms. The molecule has 0 unspecified atom stereocenters. The van der Waals surface area contributed by atoms with Crippen LogP contribution in [0.1, 0.15) is 13.8 Å². The van der Waals surface area contributed by atoms with Crippen molar-refractivity contribution in [3.05, 3.63) is 0 Å². The van der Waals surface area contributed by atoms with Gasteiger partial charge in [-0.05, 0) is 20.4 Å².